The fourth-order valence-electron chi connectivity index (χ4n) is 0.459. The van der Waals surface area contributed by atoms with E-state index in [1.165, 1.54) is 6.92 Å². The van der Waals surface area contributed by atoms with E-state index in [1.807, 2.05) is 0 Å². The monoisotopic (exact) mass is 230 g/mol. The lowest BCUT2D eigenvalue weighted by atomic mass is 10.5. The molecular weight excluding hydrogens is 220 g/mol. The molecule has 2 atom stereocenters. The number of aliphatic hydroxyl groups is 1. The fraction of sp³-hybridized carbons (Fsp3) is 1.00. The Hall–Kier alpha value is 0.390. The Morgan fingerprint density at radius 2 is 2.00 bits per heavy atom. The lowest BCUT2D eigenvalue weighted by Crippen LogP contribution is -2.27. The van der Waals surface area contributed by atoms with Crippen LogP contribution in [0.4, 0.5) is 0 Å². The molecule has 3 nitrogen and oxygen atoms in total. The van der Waals surface area contributed by atoms with Crippen LogP contribution in [0, 0.1) is 0 Å². The zero-order valence-electron chi connectivity index (χ0n) is 5.91. The third kappa shape index (κ3) is 2.56. The summed E-state index contributed by atoms with van der Waals surface area (Å²) in [7, 11) is -3.13. The van der Waals surface area contributed by atoms with Crippen molar-refractivity contribution in [3.05, 3.63) is 0 Å². The number of alkyl halides is 1. The molecule has 0 aromatic carbocycles. The summed E-state index contributed by atoms with van der Waals surface area (Å²) in [6.45, 7) is 2.98. The lowest BCUT2D eigenvalue weighted by Gasteiger charge is -2.11. The van der Waals surface area contributed by atoms with Gasteiger partial charge in [0.05, 0.1) is 6.10 Å². The van der Waals surface area contributed by atoms with Gasteiger partial charge in [-0.25, -0.2) is 8.42 Å². The second kappa shape index (κ2) is 3.69. The number of halogens is 1. The Balaban J connectivity index is 4.35. The summed E-state index contributed by atoms with van der Waals surface area (Å²) >= 11 is 2.89. The van der Waals surface area contributed by atoms with Crippen molar-refractivity contribution in [3.63, 3.8) is 0 Å². The van der Waals surface area contributed by atoms with Crippen LogP contribution in [0.5, 0.6) is 0 Å². The van der Waals surface area contributed by atoms with Gasteiger partial charge in [-0.2, -0.15) is 0 Å². The molecule has 62 valence electrons. The quantitative estimate of drug-likeness (QED) is 0.720. The van der Waals surface area contributed by atoms with E-state index in [1.54, 1.807) is 6.92 Å². The van der Waals surface area contributed by atoms with Crippen LogP contribution < -0.4 is 0 Å². The van der Waals surface area contributed by atoms with Gasteiger partial charge in [0.1, 0.15) is 4.16 Å². The van der Waals surface area contributed by atoms with Crippen molar-refractivity contribution < 1.29 is 13.5 Å². The van der Waals surface area contributed by atoms with Crippen molar-refractivity contribution >= 4 is 25.8 Å². The van der Waals surface area contributed by atoms with Crippen molar-refractivity contribution in [1.29, 1.82) is 0 Å². The number of sulfone groups is 1. The molecule has 0 saturated heterocycles. The van der Waals surface area contributed by atoms with Gasteiger partial charge in [0.25, 0.3) is 0 Å². The van der Waals surface area contributed by atoms with Gasteiger partial charge >= 0.3 is 0 Å². The van der Waals surface area contributed by atoms with Gasteiger partial charge in [-0.05, 0) is 6.92 Å². The summed E-state index contributed by atoms with van der Waals surface area (Å²) in [6.07, 6.45) is -0.857. The van der Waals surface area contributed by atoms with Crippen LogP contribution in [-0.4, -0.2) is 29.5 Å². The van der Waals surface area contributed by atoms with E-state index in [2.05, 4.69) is 15.9 Å². The minimum atomic E-state index is -3.13. The number of hydrogen-bond donors (Lipinski definition) is 1. The maximum atomic E-state index is 10.9. The van der Waals surface area contributed by atoms with Gasteiger partial charge in [0, 0.05) is 5.75 Å². The van der Waals surface area contributed by atoms with Crippen LogP contribution in [0.15, 0.2) is 0 Å². The summed E-state index contributed by atoms with van der Waals surface area (Å²) in [5.74, 6) is 0.0494. The maximum Gasteiger partial charge on any atom is 0.165 e. The van der Waals surface area contributed by atoms with Crippen LogP contribution in [0.25, 0.3) is 0 Å². The first-order valence-corrected chi connectivity index (χ1v) is 5.58. The zero-order chi connectivity index (χ0) is 8.36. The summed E-state index contributed by atoms with van der Waals surface area (Å²) in [5.41, 5.74) is 0. The highest BCUT2D eigenvalue weighted by Gasteiger charge is 2.24. The molecule has 0 aromatic heterocycles. The largest absolute Gasteiger partial charge is 0.391 e. The predicted molar refractivity (Wildman–Crippen MR) is 43.9 cm³/mol. The molecule has 0 aromatic rings. The number of hydrogen-bond acceptors (Lipinski definition) is 3. The highest BCUT2D eigenvalue weighted by molar-refractivity contribution is 9.11. The molecule has 0 amide bonds. The van der Waals surface area contributed by atoms with Gasteiger partial charge in [0.15, 0.2) is 9.84 Å². The van der Waals surface area contributed by atoms with E-state index in [0.717, 1.165) is 0 Å². The van der Waals surface area contributed by atoms with E-state index in [-0.39, 0.29) is 5.75 Å². The second-order valence-electron chi connectivity index (χ2n) is 2.04. The van der Waals surface area contributed by atoms with Crippen LogP contribution in [-0.2, 0) is 9.84 Å². The molecule has 0 saturated carbocycles. The second-order valence-corrected chi connectivity index (χ2v) is 6.05. The summed E-state index contributed by atoms with van der Waals surface area (Å²) in [4.78, 5) is 0. The highest BCUT2D eigenvalue weighted by Crippen LogP contribution is 2.13. The smallest absolute Gasteiger partial charge is 0.165 e. The number of aliphatic hydroxyl groups excluding tert-OH is 1. The van der Waals surface area contributed by atoms with Crippen molar-refractivity contribution in [2.45, 2.75) is 24.1 Å². The van der Waals surface area contributed by atoms with Gasteiger partial charge in [-0.3, -0.25) is 0 Å². The predicted octanol–water partition coefficient (Wildman–Crippen LogP) is 0.523. The maximum absolute atomic E-state index is 10.9. The minimum Gasteiger partial charge on any atom is -0.391 e. The average Bonchev–Trinajstić information content (AvgIpc) is 1.86. The molecule has 10 heavy (non-hydrogen) atoms. The van der Waals surface area contributed by atoms with Gasteiger partial charge in [-0.15, -0.1) is 0 Å². The summed E-state index contributed by atoms with van der Waals surface area (Å²) in [5, 5.41) is 8.86. The molecule has 0 aliphatic rings. The molecule has 0 aliphatic carbocycles. The van der Waals surface area contributed by atoms with E-state index in [4.69, 9.17) is 5.11 Å². The molecular formula is C5H11BrO3S. The minimum absolute atomic E-state index is 0.0494. The average molecular weight is 231 g/mol. The Bertz CT molecular complexity index is 185. The standard InChI is InChI=1S/C5H11BrO3S/c1-3-10(8,9)5(6)4(2)7/h4-5,7H,3H2,1-2H3/t4-,5-/m0/s1. The Morgan fingerprint density at radius 3 is 2.10 bits per heavy atom. The highest BCUT2D eigenvalue weighted by atomic mass is 79.9. The molecule has 0 bridgehead atoms. The number of rotatable bonds is 3. The van der Waals surface area contributed by atoms with Crippen molar-refractivity contribution in [1.82, 2.24) is 0 Å². The van der Waals surface area contributed by atoms with Crippen LogP contribution in [0.3, 0.4) is 0 Å². The van der Waals surface area contributed by atoms with Gasteiger partial charge in [0.2, 0.25) is 0 Å². The van der Waals surface area contributed by atoms with Crippen molar-refractivity contribution in [2.75, 3.05) is 5.75 Å². The fourth-order valence-corrected chi connectivity index (χ4v) is 2.17. The van der Waals surface area contributed by atoms with E-state index in [9.17, 15) is 8.42 Å². The van der Waals surface area contributed by atoms with Gasteiger partial charge in [-0.1, -0.05) is 22.9 Å². The first-order chi connectivity index (χ1) is 4.41. The van der Waals surface area contributed by atoms with E-state index in [0.29, 0.717) is 0 Å². The van der Waals surface area contributed by atoms with E-state index < -0.39 is 20.1 Å². The van der Waals surface area contributed by atoms with E-state index >= 15 is 0 Å². The SMILES string of the molecule is CCS(=O)(=O)[C@H](Br)[C@H](C)O. The lowest BCUT2D eigenvalue weighted by molar-refractivity contribution is 0.211. The van der Waals surface area contributed by atoms with Crippen molar-refractivity contribution in [2.24, 2.45) is 0 Å². The van der Waals surface area contributed by atoms with Crippen LogP contribution >= 0.6 is 15.9 Å². The molecule has 0 fully saturated rings. The third-order valence-electron chi connectivity index (χ3n) is 1.12. The summed E-state index contributed by atoms with van der Waals surface area (Å²) < 4.78 is 21.0. The first kappa shape index (κ1) is 10.4. The molecule has 0 heterocycles. The van der Waals surface area contributed by atoms with Crippen LogP contribution in [0.1, 0.15) is 13.8 Å². The zero-order valence-corrected chi connectivity index (χ0v) is 8.31. The molecule has 0 aliphatic heterocycles. The third-order valence-corrected chi connectivity index (χ3v) is 5.48. The molecule has 1 N–H and O–H groups in total. The Labute approximate surface area is 69.5 Å². The van der Waals surface area contributed by atoms with Crippen molar-refractivity contribution in [3.8, 4) is 0 Å². The molecule has 0 rings (SSSR count). The van der Waals surface area contributed by atoms with Crippen LogP contribution in [0.2, 0.25) is 0 Å². The molecule has 0 radical (unpaired) electrons. The molecule has 0 spiro atoms. The molecule has 5 heteroatoms. The summed E-state index contributed by atoms with van der Waals surface area (Å²) in [6, 6.07) is 0. The molecule has 0 unspecified atom stereocenters. The normalized spacial score (nSPS) is 18.4. The van der Waals surface area contributed by atoms with Gasteiger partial charge < -0.3 is 5.11 Å². The first-order valence-electron chi connectivity index (χ1n) is 2.95. The topological polar surface area (TPSA) is 54.4 Å². The Morgan fingerprint density at radius 1 is 1.60 bits per heavy atom. The Kier molecular flexibility index (Phi) is 3.83.